The lowest BCUT2D eigenvalue weighted by atomic mass is 10.1. The van der Waals surface area contributed by atoms with Crippen LogP contribution in [-0.2, 0) is 13.0 Å². The lowest BCUT2D eigenvalue weighted by Gasteiger charge is -2.08. The van der Waals surface area contributed by atoms with Crippen LogP contribution in [-0.4, -0.2) is 21.5 Å². The zero-order valence-corrected chi connectivity index (χ0v) is 13.1. The number of nitrogens with zero attached hydrogens (tertiary/aromatic N) is 3. The van der Waals surface area contributed by atoms with Crippen LogP contribution in [0.2, 0.25) is 0 Å². The molecule has 24 heavy (non-hydrogen) atoms. The molecule has 6 heteroatoms. The highest BCUT2D eigenvalue weighted by Gasteiger charge is 2.00. The molecule has 0 amide bonds. The minimum Gasteiger partial charge on any atom is -0.370 e. The summed E-state index contributed by atoms with van der Waals surface area (Å²) >= 11 is 0. The van der Waals surface area contributed by atoms with Crippen molar-refractivity contribution in [1.29, 1.82) is 0 Å². The predicted molar refractivity (Wildman–Crippen MR) is 92.2 cm³/mol. The number of nitrogens with one attached hydrogen (secondary N) is 2. The van der Waals surface area contributed by atoms with Gasteiger partial charge in [-0.05, 0) is 42.3 Å². The van der Waals surface area contributed by atoms with Crippen molar-refractivity contribution in [2.45, 2.75) is 13.0 Å². The van der Waals surface area contributed by atoms with Crippen molar-refractivity contribution < 1.29 is 4.39 Å². The van der Waals surface area contributed by atoms with Crippen LogP contribution >= 0.6 is 0 Å². The SMILES string of the molecule is Fc1ccc(CCNc2ccnc(NCc3ccccn3)n2)cc1. The Labute approximate surface area is 140 Å². The van der Waals surface area contributed by atoms with Gasteiger partial charge < -0.3 is 10.6 Å². The highest BCUT2D eigenvalue weighted by Crippen LogP contribution is 2.08. The largest absolute Gasteiger partial charge is 0.370 e. The maximum absolute atomic E-state index is 12.9. The molecule has 2 heterocycles. The van der Waals surface area contributed by atoms with Crippen LogP contribution < -0.4 is 10.6 Å². The van der Waals surface area contributed by atoms with E-state index in [4.69, 9.17) is 0 Å². The van der Waals surface area contributed by atoms with Gasteiger partial charge in [0.25, 0.3) is 0 Å². The van der Waals surface area contributed by atoms with Crippen molar-refractivity contribution in [3.63, 3.8) is 0 Å². The first-order valence-corrected chi connectivity index (χ1v) is 7.75. The van der Waals surface area contributed by atoms with E-state index in [1.165, 1.54) is 12.1 Å². The van der Waals surface area contributed by atoms with Crippen LogP contribution in [0.5, 0.6) is 0 Å². The lowest BCUT2D eigenvalue weighted by molar-refractivity contribution is 0.627. The first kappa shape index (κ1) is 15.9. The normalized spacial score (nSPS) is 10.4. The molecule has 1 aromatic carbocycles. The fraction of sp³-hybridized carbons (Fsp3) is 0.167. The van der Waals surface area contributed by atoms with Crippen molar-refractivity contribution in [2.75, 3.05) is 17.2 Å². The van der Waals surface area contributed by atoms with Gasteiger partial charge in [-0.1, -0.05) is 18.2 Å². The second kappa shape index (κ2) is 8.01. The van der Waals surface area contributed by atoms with Gasteiger partial charge in [0.05, 0.1) is 12.2 Å². The third-order valence-corrected chi connectivity index (χ3v) is 3.44. The number of halogens is 1. The highest BCUT2D eigenvalue weighted by atomic mass is 19.1. The minimum absolute atomic E-state index is 0.217. The molecule has 122 valence electrons. The van der Waals surface area contributed by atoms with Gasteiger partial charge in [0.2, 0.25) is 5.95 Å². The zero-order valence-electron chi connectivity index (χ0n) is 13.1. The number of pyridine rings is 1. The molecule has 0 aliphatic heterocycles. The predicted octanol–water partition coefficient (Wildman–Crippen LogP) is 3.28. The van der Waals surface area contributed by atoms with E-state index >= 15 is 0 Å². The average Bonchev–Trinajstić information content (AvgIpc) is 2.63. The third-order valence-electron chi connectivity index (χ3n) is 3.44. The van der Waals surface area contributed by atoms with Crippen LogP contribution in [0, 0.1) is 5.82 Å². The van der Waals surface area contributed by atoms with E-state index < -0.39 is 0 Å². The van der Waals surface area contributed by atoms with Crippen LogP contribution in [0.4, 0.5) is 16.2 Å². The lowest BCUT2D eigenvalue weighted by Crippen LogP contribution is -2.09. The number of benzene rings is 1. The number of aromatic nitrogens is 3. The van der Waals surface area contributed by atoms with Gasteiger partial charge in [0.15, 0.2) is 0 Å². The molecule has 3 aromatic rings. The quantitative estimate of drug-likeness (QED) is 0.699. The molecule has 0 aliphatic carbocycles. The summed E-state index contributed by atoms with van der Waals surface area (Å²) in [6.07, 6.45) is 4.25. The molecule has 0 radical (unpaired) electrons. The monoisotopic (exact) mass is 323 g/mol. The summed E-state index contributed by atoms with van der Waals surface area (Å²) in [6.45, 7) is 1.28. The van der Waals surface area contributed by atoms with Crippen molar-refractivity contribution in [3.8, 4) is 0 Å². The van der Waals surface area contributed by atoms with E-state index in [0.29, 0.717) is 19.0 Å². The van der Waals surface area contributed by atoms with Gasteiger partial charge in [-0.25, -0.2) is 9.37 Å². The number of hydrogen-bond acceptors (Lipinski definition) is 5. The second-order valence-electron chi connectivity index (χ2n) is 5.24. The maximum atomic E-state index is 12.9. The zero-order chi connectivity index (χ0) is 16.6. The first-order valence-electron chi connectivity index (χ1n) is 7.75. The summed E-state index contributed by atoms with van der Waals surface area (Å²) < 4.78 is 12.9. The summed E-state index contributed by atoms with van der Waals surface area (Å²) in [5, 5.41) is 6.40. The Kier molecular flexibility index (Phi) is 5.29. The molecule has 0 saturated heterocycles. The molecule has 5 nitrogen and oxygen atoms in total. The van der Waals surface area contributed by atoms with Crippen molar-refractivity contribution in [3.05, 3.63) is 78.0 Å². The number of anilines is 2. The maximum Gasteiger partial charge on any atom is 0.224 e. The molecule has 0 atom stereocenters. The smallest absolute Gasteiger partial charge is 0.224 e. The Bertz CT molecular complexity index is 762. The van der Waals surface area contributed by atoms with Gasteiger partial charge in [0.1, 0.15) is 11.6 Å². The van der Waals surface area contributed by atoms with Gasteiger partial charge in [-0.15, -0.1) is 0 Å². The average molecular weight is 323 g/mol. The summed E-state index contributed by atoms with van der Waals surface area (Å²) in [5.41, 5.74) is 2.00. The summed E-state index contributed by atoms with van der Waals surface area (Å²) in [4.78, 5) is 12.9. The Morgan fingerprint density at radius 1 is 0.875 bits per heavy atom. The Morgan fingerprint density at radius 2 is 1.75 bits per heavy atom. The van der Waals surface area contributed by atoms with Crippen molar-refractivity contribution in [2.24, 2.45) is 0 Å². The van der Waals surface area contributed by atoms with Crippen LogP contribution in [0.15, 0.2) is 60.9 Å². The summed E-state index contributed by atoms with van der Waals surface area (Å²) in [6, 6.07) is 14.1. The van der Waals surface area contributed by atoms with E-state index in [9.17, 15) is 4.39 Å². The highest BCUT2D eigenvalue weighted by molar-refractivity contribution is 5.39. The molecule has 2 N–H and O–H groups in total. The van der Waals surface area contributed by atoms with Crippen LogP contribution in [0.3, 0.4) is 0 Å². The number of hydrogen-bond donors (Lipinski definition) is 2. The van der Waals surface area contributed by atoms with E-state index in [1.54, 1.807) is 24.5 Å². The van der Waals surface area contributed by atoms with Gasteiger partial charge in [-0.3, -0.25) is 4.98 Å². The van der Waals surface area contributed by atoms with Crippen LogP contribution in [0.1, 0.15) is 11.3 Å². The molecule has 0 bridgehead atoms. The van der Waals surface area contributed by atoms with Crippen LogP contribution in [0.25, 0.3) is 0 Å². The summed E-state index contributed by atoms with van der Waals surface area (Å²) in [7, 11) is 0. The van der Waals surface area contributed by atoms with Gasteiger partial charge in [-0.2, -0.15) is 4.98 Å². The molecule has 0 saturated carbocycles. The van der Waals surface area contributed by atoms with Crippen molar-refractivity contribution in [1.82, 2.24) is 15.0 Å². The van der Waals surface area contributed by atoms with E-state index in [2.05, 4.69) is 25.6 Å². The topological polar surface area (TPSA) is 62.7 Å². The fourth-order valence-corrected chi connectivity index (χ4v) is 2.20. The Balaban J connectivity index is 1.50. The molecular formula is C18H18FN5. The van der Waals surface area contributed by atoms with E-state index in [1.807, 2.05) is 24.3 Å². The van der Waals surface area contributed by atoms with Gasteiger partial charge >= 0.3 is 0 Å². The first-order chi connectivity index (χ1) is 11.8. The standard InChI is InChI=1S/C18H18FN5/c19-15-6-4-14(5-7-15)8-11-21-17-9-12-22-18(24-17)23-13-16-3-1-2-10-20-16/h1-7,9-10,12H,8,11,13H2,(H2,21,22,23,24). The second-order valence-corrected chi connectivity index (χ2v) is 5.24. The number of rotatable bonds is 7. The molecule has 0 unspecified atom stereocenters. The van der Waals surface area contributed by atoms with E-state index in [-0.39, 0.29) is 5.82 Å². The molecular weight excluding hydrogens is 305 g/mol. The Hall–Kier alpha value is -3.02. The molecule has 3 rings (SSSR count). The molecule has 2 aromatic heterocycles. The summed E-state index contributed by atoms with van der Waals surface area (Å²) in [5.74, 6) is 1.08. The molecule has 0 spiro atoms. The fourth-order valence-electron chi connectivity index (χ4n) is 2.20. The molecule has 0 aliphatic rings. The van der Waals surface area contributed by atoms with E-state index in [0.717, 1.165) is 23.5 Å². The third kappa shape index (κ3) is 4.74. The molecule has 0 fully saturated rings. The Morgan fingerprint density at radius 3 is 2.54 bits per heavy atom. The van der Waals surface area contributed by atoms with Crippen molar-refractivity contribution >= 4 is 11.8 Å². The van der Waals surface area contributed by atoms with Gasteiger partial charge in [0, 0.05) is 18.9 Å². The minimum atomic E-state index is -0.217.